The van der Waals surface area contributed by atoms with Crippen LogP contribution in [0.3, 0.4) is 0 Å². The molecular weight excluding hydrogens is 1020 g/mol. The van der Waals surface area contributed by atoms with Crippen LogP contribution in [0.2, 0.25) is 0 Å². The van der Waals surface area contributed by atoms with Crippen LogP contribution in [-0.4, -0.2) is 51.6 Å². The Balaban J connectivity index is 0.000000163. The van der Waals surface area contributed by atoms with Crippen molar-refractivity contribution in [1.82, 2.24) is 24.8 Å². The Hall–Kier alpha value is -8.02. The minimum absolute atomic E-state index is 0.0263. The third-order valence-electron chi connectivity index (χ3n) is 11.0. The van der Waals surface area contributed by atoms with Gasteiger partial charge in [0.25, 0.3) is 10.0 Å². The van der Waals surface area contributed by atoms with Gasteiger partial charge >= 0.3 is 6.18 Å². The SMILES string of the molecule is CCC(=O)NS(=O)(=O)c1ccc(-c2c(-c3ccccc3)noc2C)cc1.Cc1ccc(-c2cc(C(F)(F)F)nn2-c2ccc(S(N)(=O)=O)cc2)cc1.Cc1onc(-c2ccccc2)c1-c1ccc(NS(=O)[O-])cc1. The number of carbonyl (C=O) groups excluding carboxylic acids is 1. The van der Waals surface area contributed by atoms with Crippen molar-refractivity contribution in [2.75, 3.05) is 4.72 Å². The van der Waals surface area contributed by atoms with Crippen LogP contribution in [0.25, 0.3) is 61.7 Å². The number of nitrogens with zero attached hydrogens (tertiary/aromatic N) is 4. The number of nitrogens with two attached hydrogens (primary N) is 1. The number of anilines is 1. The van der Waals surface area contributed by atoms with Crippen LogP contribution in [0.4, 0.5) is 18.9 Å². The Bertz CT molecular complexity index is 3630. The zero-order chi connectivity index (χ0) is 53.4. The minimum Gasteiger partial charge on any atom is -0.755 e. The number of sulfonamides is 2. The number of hydrogen-bond acceptors (Lipinski definition) is 12. The highest BCUT2D eigenvalue weighted by molar-refractivity contribution is 7.90. The van der Waals surface area contributed by atoms with Gasteiger partial charge in [-0.25, -0.2) is 31.4 Å². The van der Waals surface area contributed by atoms with Crippen LogP contribution in [0.1, 0.15) is 36.1 Å². The summed E-state index contributed by atoms with van der Waals surface area (Å²) < 4.78 is 124. The largest absolute Gasteiger partial charge is 0.755 e. The molecule has 74 heavy (non-hydrogen) atoms. The van der Waals surface area contributed by atoms with E-state index in [1.165, 1.54) is 36.4 Å². The molecule has 382 valence electrons. The molecule has 1 atom stereocenters. The highest BCUT2D eigenvalue weighted by atomic mass is 32.2. The molecule has 0 aliphatic rings. The summed E-state index contributed by atoms with van der Waals surface area (Å²) in [6.07, 6.45) is -4.51. The number of amides is 1. The lowest BCUT2D eigenvalue weighted by Crippen LogP contribution is -2.29. The van der Waals surface area contributed by atoms with E-state index in [1.54, 1.807) is 62.4 Å². The Labute approximate surface area is 426 Å². The fraction of sp³-hybridized carbons (Fsp3) is 0.115. The molecule has 0 aliphatic heterocycles. The van der Waals surface area contributed by atoms with Crippen LogP contribution in [0.5, 0.6) is 0 Å². The summed E-state index contributed by atoms with van der Waals surface area (Å²) in [7, 11) is -7.76. The van der Waals surface area contributed by atoms with Crippen molar-refractivity contribution in [2.45, 2.75) is 50.1 Å². The van der Waals surface area contributed by atoms with Crippen LogP contribution in [-0.2, 0) is 42.3 Å². The van der Waals surface area contributed by atoms with Gasteiger partial charge < -0.3 is 18.3 Å². The van der Waals surface area contributed by atoms with Gasteiger partial charge in [0, 0.05) is 40.1 Å². The molecule has 4 N–H and O–H groups in total. The first kappa shape index (κ1) is 53.8. The first-order chi connectivity index (χ1) is 35.1. The van der Waals surface area contributed by atoms with E-state index in [0.29, 0.717) is 28.5 Å². The molecule has 9 rings (SSSR count). The van der Waals surface area contributed by atoms with Gasteiger partial charge in [0.05, 0.1) is 32.3 Å². The van der Waals surface area contributed by atoms with Gasteiger partial charge in [0.15, 0.2) is 5.69 Å². The Morgan fingerprint density at radius 3 is 1.57 bits per heavy atom. The summed E-state index contributed by atoms with van der Waals surface area (Å²) in [5, 5.41) is 17.0. The lowest BCUT2D eigenvalue weighted by Gasteiger charge is -2.09. The Morgan fingerprint density at radius 2 is 1.12 bits per heavy atom. The van der Waals surface area contributed by atoms with E-state index in [1.807, 2.05) is 91.4 Å². The van der Waals surface area contributed by atoms with E-state index < -0.39 is 49.1 Å². The van der Waals surface area contributed by atoms with E-state index in [2.05, 4.69) is 20.1 Å². The summed E-state index contributed by atoms with van der Waals surface area (Å²) in [5.74, 6) is 0.807. The van der Waals surface area contributed by atoms with Gasteiger partial charge in [-0.15, -0.1) is 0 Å². The van der Waals surface area contributed by atoms with Gasteiger partial charge in [0.1, 0.15) is 22.9 Å². The molecule has 0 bridgehead atoms. The lowest BCUT2D eigenvalue weighted by atomic mass is 9.99. The van der Waals surface area contributed by atoms with Gasteiger partial charge in [-0.3, -0.25) is 9.00 Å². The summed E-state index contributed by atoms with van der Waals surface area (Å²) in [4.78, 5) is 11.3. The van der Waals surface area contributed by atoms with Gasteiger partial charge in [0.2, 0.25) is 15.9 Å². The average Bonchev–Trinajstić information content (AvgIpc) is 4.12. The molecule has 0 saturated heterocycles. The number of aryl methyl sites for hydroxylation is 3. The first-order valence-corrected chi connectivity index (χ1v) is 26.3. The van der Waals surface area contributed by atoms with E-state index in [9.17, 15) is 43.6 Å². The number of alkyl halides is 3. The predicted octanol–water partition coefficient (Wildman–Crippen LogP) is 10.6. The molecule has 0 saturated carbocycles. The quantitative estimate of drug-likeness (QED) is 0.0967. The maximum absolute atomic E-state index is 13.1. The number of halogens is 3. The van der Waals surface area contributed by atoms with Gasteiger partial charge in [-0.2, -0.15) is 18.3 Å². The number of rotatable bonds is 12. The zero-order valence-electron chi connectivity index (χ0n) is 39.7. The highest BCUT2D eigenvalue weighted by Gasteiger charge is 2.35. The zero-order valence-corrected chi connectivity index (χ0v) is 42.1. The molecular formula is C52H45F3N7O9S3-. The molecule has 22 heteroatoms. The third kappa shape index (κ3) is 13.1. The summed E-state index contributed by atoms with van der Waals surface area (Å²) in [6.45, 7) is 7.12. The summed E-state index contributed by atoms with van der Waals surface area (Å²) in [5.41, 5.74) is 8.25. The van der Waals surface area contributed by atoms with Crippen LogP contribution >= 0.6 is 0 Å². The smallest absolute Gasteiger partial charge is 0.435 e. The lowest BCUT2D eigenvalue weighted by molar-refractivity contribution is -0.141. The molecule has 16 nitrogen and oxygen atoms in total. The molecule has 0 spiro atoms. The number of aromatic nitrogens is 4. The van der Waals surface area contributed by atoms with Crippen LogP contribution in [0.15, 0.2) is 183 Å². The second kappa shape index (κ2) is 22.8. The highest BCUT2D eigenvalue weighted by Crippen LogP contribution is 2.37. The molecule has 3 aromatic heterocycles. The molecule has 0 fully saturated rings. The topological polar surface area (TPSA) is 245 Å². The van der Waals surface area contributed by atoms with Crippen molar-refractivity contribution in [2.24, 2.45) is 5.14 Å². The van der Waals surface area contributed by atoms with E-state index in [0.717, 1.165) is 55.4 Å². The normalized spacial score (nSPS) is 11.9. The van der Waals surface area contributed by atoms with Crippen molar-refractivity contribution in [1.29, 1.82) is 0 Å². The summed E-state index contributed by atoms with van der Waals surface area (Å²) in [6, 6.07) is 45.8. The van der Waals surface area contributed by atoms with Crippen molar-refractivity contribution in [3.63, 3.8) is 0 Å². The van der Waals surface area contributed by atoms with Gasteiger partial charge in [-0.05, 0) is 86.5 Å². The Morgan fingerprint density at radius 1 is 0.662 bits per heavy atom. The Kier molecular flexibility index (Phi) is 16.6. The second-order valence-corrected chi connectivity index (χ2v) is 20.1. The molecule has 6 aromatic carbocycles. The monoisotopic (exact) mass is 1060 g/mol. The van der Waals surface area contributed by atoms with E-state index >= 15 is 0 Å². The fourth-order valence-corrected chi connectivity index (χ4v) is 9.22. The summed E-state index contributed by atoms with van der Waals surface area (Å²) >= 11 is -2.33. The molecule has 0 radical (unpaired) electrons. The van der Waals surface area contributed by atoms with Crippen molar-refractivity contribution in [3.8, 4) is 61.7 Å². The minimum atomic E-state index is -4.61. The fourth-order valence-electron chi connectivity index (χ4n) is 7.32. The first-order valence-electron chi connectivity index (χ1n) is 22.2. The standard InChI is InChI=1S/C19H18N2O4S.C17H14F3N3O2S.C16H14N2O3S/c1-3-17(22)21-26(23,24)16-11-9-14(10-12-16)18-13(2)25-20-19(18)15-7-5-4-6-8-15;1-11-2-4-12(5-3-11)15-10-16(17(18,19)20)22-23(15)13-6-8-14(9-7-13)26(21,24)25;1-11-15(12-7-9-14(10-8-12)18-22(19)20)16(17-21-11)13-5-3-2-4-6-13/h4-12H,3H2,1-2H3,(H,21,22);2-10H,1H3,(H2,21,24,25);2-10,18H,1H3,(H,19,20)/p-1. The molecule has 1 amide bonds. The number of primary sulfonamides is 1. The van der Waals surface area contributed by atoms with Gasteiger partial charge in [-0.1, -0.05) is 132 Å². The second-order valence-electron chi connectivity index (χ2n) is 16.2. The number of benzene rings is 6. The maximum Gasteiger partial charge on any atom is 0.435 e. The number of hydrogen-bond donors (Lipinski definition) is 3. The maximum atomic E-state index is 13.1. The number of nitrogens with one attached hydrogen (secondary N) is 2. The predicted molar refractivity (Wildman–Crippen MR) is 272 cm³/mol. The van der Waals surface area contributed by atoms with E-state index in [-0.39, 0.29) is 27.6 Å². The average molecular weight is 1070 g/mol. The molecule has 0 aliphatic carbocycles. The number of carbonyl (C=O) groups is 1. The van der Waals surface area contributed by atoms with Crippen molar-refractivity contribution >= 4 is 42.9 Å². The van der Waals surface area contributed by atoms with Crippen LogP contribution in [0, 0.1) is 20.8 Å². The van der Waals surface area contributed by atoms with E-state index in [4.69, 9.17) is 14.2 Å². The third-order valence-corrected chi connectivity index (χ3v) is 13.7. The molecule has 3 heterocycles. The van der Waals surface area contributed by atoms with Crippen molar-refractivity contribution in [3.05, 3.63) is 187 Å². The molecule has 1 unspecified atom stereocenters. The molecule has 9 aromatic rings. The van der Waals surface area contributed by atoms with Crippen molar-refractivity contribution < 1.29 is 52.6 Å². The van der Waals surface area contributed by atoms with Crippen LogP contribution < -0.4 is 14.6 Å².